The summed E-state index contributed by atoms with van der Waals surface area (Å²) in [5.74, 6) is 0. The monoisotopic (exact) mass is 641 g/mol. The van der Waals surface area contributed by atoms with Gasteiger partial charge in [0.2, 0.25) is 0 Å². The van der Waals surface area contributed by atoms with Crippen LogP contribution in [0.1, 0.15) is 16.7 Å². The predicted octanol–water partition coefficient (Wildman–Crippen LogP) is 6.81. The zero-order valence-corrected chi connectivity index (χ0v) is 21.8. The molecule has 1 radical (unpaired) electrons. The van der Waals surface area contributed by atoms with Crippen LogP contribution in [-0.2, 0) is 20.1 Å². The minimum Gasteiger partial charge on any atom is -0.305 e. The van der Waals surface area contributed by atoms with Crippen molar-refractivity contribution in [2.45, 2.75) is 6.92 Å². The van der Waals surface area contributed by atoms with Crippen molar-refractivity contribution in [3.63, 3.8) is 0 Å². The first-order chi connectivity index (χ1) is 17.2. The molecule has 0 aliphatic carbocycles. The fourth-order valence-corrected chi connectivity index (χ4v) is 3.50. The summed E-state index contributed by atoms with van der Waals surface area (Å²) < 4.78 is 0. The summed E-state index contributed by atoms with van der Waals surface area (Å²) in [6, 6.07) is 39.3. The quantitative estimate of drug-likeness (QED) is 0.203. The average molecular weight is 641 g/mol. The fourth-order valence-electron chi connectivity index (χ4n) is 3.50. The zero-order chi connectivity index (χ0) is 24.5. The van der Waals surface area contributed by atoms with E-state index < -0.39 is 0 Å². The van der Waals surface area contributed by atoms with E-state index in [1.165, 1.54) is 0 Å². The fraction of sp³-hybridized carbons (Fsp3) is 0.0323. The first-order valence-corrected chi connectivity index (χ1v) is 11.0. The normalized spacial score (nSPS) is 9.53. The molecular formula is C31H20IrN4-2. The number of aryl methyl sites for hydroxylation is 1. The van der Waals surface area contributed by atoms with E-state index in [9.17, 15) is 0 Å². The van der Waals surface area contributed by atoms with Crippen molar-refractivity contribution < 1.29 is 20.1 Å². The van der Waals surface area contributed by atoms with Gasteiger partial charge in [-0.3, -0.25) is 4.98 Å². The standard InChI is InChI=1S/C20H12N3.C11H8N.Ir/c1-14-13-23-20(10-19(14)15-5-3-2-4-6-15)16-7-8-17(11-21)18(9-16)12-22;1-2-6-10(7-3-1)11-8-4-5-9-12-11;/h2-8,10,13H,1H3;1-6,8-9H;/q2*-1;. The Morgan fingerprint density at radius 3 is 2.19 bits per heavy atom. The van der Waals surface area contributed by atoms with Crippen LogP contribution in [-0.4, -0.2) is 9.97 Å². The third kappa shape index (κ3) is 6.38. The van der Waals surface area contributed by atoms with Crippen LogP contribution in [0.2, 0.25) is 0 Å². The molecule has 0 aliphatic heterocycles. The van der Waals surface area contributed by atoms with Crippen molar-refractivity contribution in [2.75, 3.05) is 0 Å². The van der Waals surface area contributed by atoms with Gasteiger partial charge in [0.05, 0.1) is 6.07 Å². The summed E-state index contributed by atoms with van der Waals surface area (Å²) in [6.07, 6.45) is 3.60. The van der Waals surface area contributed by atoms with Gasteiger partial charge in [0.25, 0.3) is 0 Å². The molecule has 5 aromatic rings. The molecule has 0 saturated carbocycles. The molecule has 5 heteroatoms. The predicted molar refractivity (Wildman–Crippen MR) is 137 cm³/mol. The van der Waals surface area contributed by atoms with Crippen LogP contribution in [0.15, 0.2) is 103 Å². The smallest absolute Gasteiger partial charge is 0.0584 e. The molecule has 3 aromatic carbocycles. The molecule has 0 N–H and O–H groups in total. The van der Waals surface area contributed by atoms with Crippen molar-refractivity contribution in [1.82, 2.24) is 9.97 Å². The van der Waals surface area contributed by atoms with Crippen molar-refractivity contribution in [3.05, 3.63) is 132 Å². The molecule has 0 bridgehead atoms. The van der Waals surface area contributed by atoms with Gasteiger partial charge in [0.1, 0.15) is 0 Å². The molecule has 0 unspecified atom stereocenters. The second-order valence-electron chi connectivity index (χ2n) is 7.63. The molecule has 0 amide bonds. The molecular weight excluding hydrogens is 621 g/mol. The van der Waals surface area contributed by atoms with Gasteiger partial charge in [0.15, 0.2) is 0 Å². The van der Waals surface area contributed by atoms with Crippen LogP contribution in [0.5, 0.6) is 0 Å². The summed E-state index contributed by atoms with van der Waals surface area (Å²) in [5.41, 5.74) is 7.30. The Labute approximate surface area is 224 Å². The van der Waals surface area contributed by atoms with Gasteiger partial charge < -0.3 is 4.98 Å². The maximum Gasteiger partial charge on any atom is 0.0584 e. The van der Waals surface area contributed by atoms with Gasteiger partial charge in [-0.25, -0.2) is 10.5 Å². The van der Waals surface area contributed by atoms with Gasteiger partial charge in [-0.15, -0.1) is 54.1 Å². The number of benzene rings is 3. The van der Waals surface area contributed by atoms with E-state index in [0.29, 0.717) is 11.1 Å². The Balaban J connectivity index is 0.000000234. The topological polar surface area (TPSA) is 73.4 Å². The third-order valence-electron chi connectivity index (χ3n) is 5.29. The maximum atomic E-state index is 9.14. The van der Waals surface area contributed by atoms with Crippen LogP contribution >= 0.6 is 0 Å². The van der Waals surface area contributed by atoms with Gasteiger partial charge >= 0.3 is 0 Å². The number of pyridine rings is 2. The van der Waals surface area contributed by atoms with E-state index in [0.717, 1.165) is 33.6 Å². The molecule has 36 heavy (non-hydrogen) atoms. The third-order valence-corrected chi connectivity index (χ3v) is 5.29. The molecule has 0 spiro atoms. The molecule has 0 saturated heterocycles. The molecule has 2 aromatic heterocycles. The first kappa shape index (κ1) is 26.2. The second kappa shape index (κ2) is 12.9. The molecule has 0 atom stereocenters. The molecule has 4 nitrogen and oxygen atoms in total. The van der Waals surface area contributed by atoms with Gasteiger partial charge in [0, 0.05) is 38.2 Å². The van der Waals surface area contributed by atoms with Crippen molar-refractivity contribution in [1.29, 1.82) is 10.5 Å². The van der Waals surface area contributed by atoms with Crippen LogP contribution in [0.3, 0.4) is 0 Å². The van der Waals surface area contributed by atoms with E-state index in [-0.39, 0.29) is 25.7 Å². The van der Waals surface area contributed by atoms with E-state index in [1.807, 2.05) is 92.0 Å². The van der Waals surface area contributed by atoms with Crippen LogP contribution in [0, 0.1) is 41.7 Å². The maximum absolute atomic E-state index is 9.14. The van der Waals surface area contributed by atoms with Crippen molar-refractivity contribution in [3.8, 4) is 45.8 Å². The zero-order valence-electron chi connectivity index (χ0n) is 19.4. The number of nitriles is 2. The van der Waals surface area contributed by atoms with Gasteiger partial charge in [-0.2, -0.15) is 0 Å². The Kier molecular flexibility index (Phi) is 9.38. The minimum absolute atomic E-state index is 0. The Morgan fingerprint density at radius 2 is 1.53 bits per heavy atom. The molecule has 0 fully saturated rings. The number of hydrogen-bond acceptors (Lipinski definition) is 4. The molecule has 0 aliphatic rings. The Hall–Kier alpha value is -4.41. The summed E-state index contributed by atoms with van der Waals surface area (Å²) in [6.45, 7) is 2.02. The second-order valence-corrected chi connectivity index (χ2v) is 7.63. The summed E-state index contributed by atoms with van der Waals surface area (Å²) >= 11 is 0. The van der Waals surface area contributed by atoms with E-state index in [1.54, 1.807) is 18.3 Å². The number of nitrogens with zero attached hydrogens (tertiary/aromatic N) is 4. The van der Waals surface area contributed by atoms with E-state index >= 15 is 0 Å². The largest absolute Gasteiger partial charge is 0.305 e. The number of hydrogen-bond donors (Lipinski definition) is 0. The van der Waals surface area contributed by atoms with Crippen molar-refractivity contribution in [2.24, 2.45) is 0 Å². The van der Waals surface area contributed by atoms with Crippen LogP contribution in [0.25, 0.3) is 33.6 Å². The van der Waals surface area contributed by atoms with Crippen LogP contribution in [0.4, 0.5) is 0 Å². The Bertz CT molecular complexity index is 1470. The van der Waals surface area contributed by atoms with Gasteiger partial charge in [-0.05, 0) is 52.6 Å². The van der Waals surface area contributed by atoms with E-state index in [4.69, 9.17) is 10.5 Å². The Morgan fingerprint density at radius 1 is 0.750 bits per heavy atom. The SMILES string of the molecule is Cc1cnc(-c2[c-]c(C#N)c(C#N)cc2)cc1-c1ccccc1.[Ir].[c-]1ccccc1-c1ccccn1. The number of rotatable bonds is 3. The summed E-state index contributed by atoms with van der Waals surface area (Å²) in [4.78, 5) is 8.66. The summed E-state index contributed by atoms with van der Waals surface area (Å²) in [7, 11) is 0. The van der Waals surface area contributed by atoms with E-state index in [2.05, 4.69) is 34.2 Å². The first-order valence-electron chi connectivity index (χ1n) is 11.0. The van der Waals surface area contributed by atoms with Crippen molar-refractivity contribution >= 4 is 0 Å². The average Bonchev–Trinajstić information content (AvgIpc) is 2.94. The minimum atomic E-state index is 0. The molecule has 5 rings (SSSR count). The molecule has 2 heterocycles. The molecule has 175 valence electrons. The van der Waals surface area contributed by atoms with Crippen LogP contribution < -0.4 is 0 Å². The summed E-state index contributed by atoms with van der Waals surface area (Å²) in [5, 5.41) is 18.1. The number of aromatic nitrogens is 2. The van der Waals surface area contributed by atoms with Gasteiger partial charge in [-0.1, -0.05) is 54.1 Å².